The van der Waals surface area contributed by atoms with Crippen molar-refractivity contribution in [1.29, 1.82) is 0 Å². The second-order valence-corrected chi connectivity index (χ2v) is 3.96. The number of hydrogen-bond donors (Lipinski definition) is 2. The molecule has 0 saturated heterocycles. The fourth-order valence-electron chi connectivity index (χ4n) is 1.53. The van der Waals surface area contributed by atoms with Crippen molar-refractivity contribution >= 4 is 11.9 Å². The quantitative estimate of drug-likeness (QED) is 0.871. The number of nitrogens with one attached hydrogen (secondary N) is 1. The third-order valence-corrected chi connectivity index (χ3v) is 2.47. The van der Waals surface area contributed by atoms with Crippen LogP contribution in [0.3, 0.4) is 0 Å². The van der Waals surface area contributed by atoms with Gasteiger partial charge in [-0.25, -0.2) is 4.79 Å². The van der Waals surface area contributed by atoms with Crippen LogP contribution in [0.25, 0.3) is 0 Å². The Labute approximate surface area is 109 Å². The Morgan fingerprint density at radius 1 is 1.32 bits per heavy atom. The number of carboxylic acids is 1. The van der Waals surface area contributed by atoms with E-state index in [0.29, 0.717) is 5.76 Å². The molecule has 2 aromatic rings. The number of aryl methyl sites for hydroxylation is 1. The van der Waals surface area contributed by atoms with Gasteiger partial charge in [0.1, 0.15) is 11.5 Å². The number of aromatic nitrogens is 1. The predicted molar refractivity (Wildman–Crippen MR) is 65.8 cm³/mol. The van der Waals surface area contributed by atoms with Crippen LogP contribution in [0.1, 0.15) is 32.2 Å². The predicted octanol–water partition coefficient (Wildman–Crippen LogP) is 1.61. The van der Waals surface area contributed by atoms with E-state index in [9.17, 15) is 9.59 Å². The molecule has 2 N–H and O–H groups in total. The van der Waals surface area contributed by atoms with E-state index in [1.165, 1.54) is 18.5 Å². The molecule has 0 spiro atoms. The molecule has 0 atom stereocenters. The zero-order chi connectivity index (χ0) is 13.8. The molecule has 0 fully saturated rings. The number of amides is 1. The number of carbonyl (C=O) groups is 2. The summed E-state index contributed by atoms with van der Waals surface area (Å²) in [5.41, 5.74) is 0.171. The van der Waals surface area contributed by atoms with E-state index in [1.807, 2.05) is 6.92 Å². The van der Waals surface area contributed by atoms with Crippen LogP contribution >= 0.6 is 0 Å². The van der Waals surface area contributed by atoms with E-state index >= 15 is 0 Å². The molecule has 2 heterocycles. The third kappa shape index (κ3) is 3.19. The molecule has 6 nitrogen and oxygen atoms in total. The highest BCUT2D eigenvalue weighted by atomic mass is 16.4. The van der Waals surface area contributed by atoms with Crippen molar-refractivity contribution < 1.29 is 19.1 Å². The Morgan fingerprint density at radius 3 is 2.68 bits per heavy atom. The Balaban J connectivity index is 2.03. The summed E-state index contributed by atoms with van der Waals surface area (Å²) in [7, 11) is 0. The van der Waals surface area contributed by atoms with Crippen LogP contribution in [0.15, 0.2) is 35.0 Å². The molecule has 0 radical (unpaired) electrons. The molecule has 2 rings (SSSR count). The number of hydrogen-bond acceptors (Lipinski definition) is 4. The second-order valence-electron chi connectivity index (χ2n) is 3.96. The Morgan fingerprint density at radius 2 is 2.05 bits per heavy atom. The van der Waals surface area contributed by atoms with Gasteiger partial charge in [-0.1, -0.05) is 0 Å². The van der Waals surface area contributed by atoms with E-state index in [-0.39, 0.29) is 17.7 Å². The standard InChI is InChI=1S/C13H12N2O4/c1-8-2-3-11(19-8)7-15-12(16)9-4-10(13(17)18)6-14-5-9/h2-6H,7H2,1H3,(H,15,16)(H,17,18). The minimum Gasteiger partial charge on any atom is -0.478 e. The molecular formula is C13H12N2O4. The van der Waals surface area contributed by atoms with Crippen molar-refractivity contribution in [1.82, 2.24) is 10.3 Å². The third-order valence-electron chi connectivity index (χ3n) is 2.47. The number of rotatable bonds is 4. The van der Waals surface area contributed by atoms with Gasteiger partial charge in [0.25, 0.3) is 5.91 Å². The van der Waals surface area contributed by atoms with Crippen LogP contribution in [-0.2, 0) is 6.54 Å². The maximum absolute atomic E-state index is 11.8. The lowest BCUT2D eigenvalue weighted by molar-refractivity contribution is 0.0696. The fraction of sp³-hybridized carbons (Fsp3) is 0.154. The first-order valence-electron chi connectivity index (χ1n) is 5.58. The number of furan rings is 1. The lowest BCUT2D eigenvalue weighted by Crippen LogP contribution is -2.23. The fourth-order valence-corrected chi connectivity index (χ4v) is 1.53. The van der Waals surface area contributed by atoms with Gasteiger partial charge in [-0.2, -0.15) is 0 Å². The van der Waals surface area contributed by atoms with Gasteiger partial charge < -0.3 is 14.8 Å². The molecule has 0 aliphatic carbocycles. The Hall–Kier alpha value is -2.63. The molecule has 6 heteroatoms. The minimum atomic E-state index is -1.12. The molecule has 0 saturated carbocycles. The first-order valence-corrected chi connectivity index (χ1v) is 5.58. The zero-order valence-electron chi connectivity index (χ0n) is 10.2. The molecular weight excluding hydrogens is 248 g/mol. The second kappa shape index (κ2) is 5.34. The molecule has 0 aromatic carbocycles. The van der Waals surface area contributed by atoms with Crippen molar-refractivity contribution in [2.24, 2.45) is 0 Å². The summed E-state index contributed by atoms with van der Waals surface area (Å²) in [6, 6.07) is 4.84. The van der Waals surface area contributed by atoms with Gasteiger partial charge in [-0.3, -0.25) is 9.78 Å². The first-order chi connectivity index (χ1) is 9.06. The molecule has 98 valence electrons. The molecule has 0 aliphatic heterocycles. The molecule has 0 unspecified atom stereocenters. The van der Waals surface area contributed by atoms with Gasteiger partial charge in [-0.05, 0) is 25.1 Å². The topological polar surface area (TPSA) is 92.4 Å². The van der Waals surface area contributed by atoms with Crippen molar-refractivity contribution in [3.8, 4) is 0 Å². The smallest absolute Gasteiger partial charge is 0.337 e. The molecule has 0 bridgehead atoms. The monoisotopic (exact) mass is 260 g/mol. The number of aromatic carboxylic acids is 1. The van der Waals surface area contributed by atoms with E-state index in [1.54, 1.807) is 12.1 Å². The van der Waals surface area contributed by atoms with Gasteiger partial charge in [0.05, 0.1) is 17.7 Å². The number of pyridine rings is 1. The summed E-state index contributed by atoms with van der Waals surface area (Å²) in [5, 5.41) is 11.4. The summed E-state index contributed by atoms with van der Waals surface area (Å²) in [5.74, 6) is -0.125. The van der Waals surface area contributed by atoms with Crippen molar-refractivity contribution in [2.45, 2.75) is 13.5 Å². The summed E-state index contributed by atoms with van der Waals surface area (Å²) >= 11 is 0. The lowest BCUT2D eigenvalue weighted by atomic mass is 10.2. The summed E-state index contributed by atoms with van der Waals surface area (Å²) in [6.45, 7) is 2.05. The first kappa shape index (κ1) is 12.8. The van der Waals surface area contributed by atoms with Gasteiger partial charge in [0, 0.05) is 12.4 Å². The SMILES string of the molecule is Cc1ccc(CNC(=O)c2cncc(C(=O)O)c2)o1. The van der Waals surface area contributed by atoms with E-state index in [2.05, 4.69) is 10.3 Å². The zero-order valence-corrected chi connectivity index (χ0v) is 10.2. The van der Waals surface area contributed by atoms with Crippen LogP contribution in [0.2, 0.25) is 0 Å². The van der Waals surface area contributed by atoms with Gasteiger partial charge in [0.2, 0.25) is 0 Å². The van der Waals surface area contributed by atoms with E-state index in [0.717, 1.165) is 5.76 Å². The van der Waals surface area contributed by atoms with Crippen LogP contribution in [0.4, 0.5) is 0 Å². The molecule has 19 heavy (non-hydrogen) atoms. The normalized spacial score (nSPS) is 10.2. The van der Waals surface area contributed by atoms with Crippen molar-refractivity contribution in [3.63, 3.8) is 0 Å². The van der Waals surface area contributed by atoms with Crippen molar-refractivity contribution in [2.75, 3.05) is 0 Å². The lowest BCUT2D eigenvalue weighted by Gasteiger charge is -2.03. The summed E-state index contributed by atoms with van der Waals surface area (Å²) < 4.78 is 5.31. The maximum atomic E-state index is 11.8. The van der Waals surface area contributed by atoms with Gasteiger partial charge in [-0.15, -0.1) is 0 Å². The Bertz CT molecular complexity index is 619. The highest BCUT2D eigenvalue weighted by Gasteiger charge is 2.10. The highest BCUT2D eigenvalue weighted by molar-refractivity contribution is 5.96. The highest BCUT2D eigenvalue weighted by Crippen LogP contribution is 2.07. The molecule has 2 aromatic heterocycles. The van der Waals surface area contributed by atoms with Crippen LogP contribution < -0.4 is 5.32 Å². The van der Waals surface area contributed by atoms with Crippen LogP contribution in [0, 0.1) is 6.92 Å². The Kier molecular flexibility index (Phi) is 3.61. The van der Waals surface area contributed by atoms with E-state index < -0.39 is 11.9 Å². The number of carbonyl (C=O) groups excluding carboxylic acids is 1. The van der Waals surface area contributed by atoms with Crippen molar-refractivity contribution in [3.05, 3.63) is 53.2 Å². The molecule has 1 amide bonds. The average molecular weight is 260 g/mol. The number of carboxylic acid groups (broad SMARTS) is 1. The van der Waals surface area contributed by atoms with E-state index in [4.69, 9.17) is 9.52 Å². The van der Waals surface area contributed by atoms with Crippen LogP contribution in [0.5, 0.6) is 0 Å². The minimum absolute atomic E-state index is 0.0264. The largest absolute Gasteiger partial charge is 0.478 e. The number of nitrogens with zero attached hydrogens (tertiary/aromatic N) is 1. The van der Waals surface area contributed by atoms with Gasteiger partial charge >= 0.3 is 5.97 Å². The summed E-state index contributed by atoms with van der Waals surface area (Å²) in [4.78, 5) is 26.3. The summed E-state index contributed by atoms with van der Waals surface area (Å²) in [6.07, 6.45) is 2.50. The maximum Gasteiger partial charge on any atom is 0.337 e. The van der Waals surface area contributed by atoms with Crippen LogP contribution in [-0.4, -0.2) is 22.0 Å². The van der Waals surface area contributed by atoms with Gasteiger partial charge in [0.15, 0.2) is 0 Å². The molecule has 0 aliphatic rings. The average Bonchev–Trinajstić information content (AvgIpc) is 2.82.